The zero-order chi connectivity index (χ0) is 17.7. The minimum Gasteiger partial charge on any atom is -0.423 e. The first kappa shape index (κ1) is 20.5. The van der Waals surface area contributed by atoms with Crippen LogP contribution in [-0.2, 0) is 0 Å². The molecule has 1 rings (SSSR count). The summed E-state index contributed by atoms with van der Waals surface area (Å²) in [5.74, 6) is 0. The van der Waals surface area contributed by atoms with Gasteiger partial charge < -0.3 is 4.23 Å². The molecule has 0 heterocycles. The molecule has 0 aliphatic carbocycles. The van der Waals surface area contributed by atoms with Crippen molar-refractivity contribution in [1.29, 1.82) is 0 Å². The molecule has 0 fully saturated rings. The minimum atomic E-state index is -1.44. The van der Waals surface area contributed by atoms with Crippen LogP contribution in [0.2, 0.25) is 36.3 Å². The third-order valence-corrected chi connectivity index (χ3v) is 19.5. The predicted octanol–water partition coefficient (Wildman–Crippen LogP) is 7.12. The molecule has 0 aliphatic heterocycles. The Labute approximate surface area is 147 Å². The van der Waals surface area contributed by atoms with Gasteiger partial charge in [0.2, 0.25) is 0 Å². The van der Waals surface area contributed by atoms with Gasteiger partial charge in [0, 0.05) is 5.69 Å². The van der Waals surface area contributed by atoms with Gasteiger partial charge in [-0.3, -0.25) is 0 Å². The SMILES string of the molecule is CC[Si](CC)(CC)N(c1cc(C)cc(C)c1)[Si](CC)(CC)CC. The highest BCUT2D eigenvalue weighted by Gasteiger charge is 2.46. The van der Waals surface area contributed by atoms with Gasteiger partial charge in [-0.1, -0.05) is 47.6 Å². The van der Waals surface area contributed by atoms with Crippen molar-refractivity contribution in [2.75, 3.05) is 4.23 Å². The van der Waals surface area contributed by atoms with Crippen molar-refractivity contribution >= 4 is 22.2 Å². The Balaban J connectivity index is 3.66. The molecule has 0 spiro atoms. The highest BCUT2D eigenvalue weighted by molar-refractivity contribution is 7.02. The lowest BCUT2D eigenvalue weighted by atomic mass is 10.1. The Hall–Kier alpha value is -0.546. The molecule has 0 amide bonds. The summed E-state index contributed by atoms with van der Waals surface area (Å²) in [6, 6.07) is 15.5. The first-order valence-electron chi connectivity index (χ1n) is 9.77. The van der Waals surface area contributed by atoms with E-state index in [0.717, 1.165) is 0 Å². The van der Waals surface area contributed by atoms with Crippen molar-refractivity contribution < 1.29 is 0 Å². The fraction of sp³-hybridized carbons (Fsp3) is 0.700. The van der Waals surface area contributed by atoms with Gasteiger partial charge in [0.25, 0.3) is 0 Å². The Morgan fingerprint density at radius 2 is 0.913 bits per heavy atom. The van der Waals surface area contributed by atoms with E-state index in [4.69, 9.17) is 0 Å². The van der Waals surface area contributed by atoms with E-state index in [1.54, 1.807) is 5.69 Å². The summed E-state index contributed by atoms with van der Waals surface area (Å²) in [6.07, 6.45) is 0. The maximum absolute atomic E-state index is 3.11. The fourth-order valence-corrected chi connectivity index (χ4v) is 17.7. The van der Waals surface area contributed by atoms with Gasteiger partial charge in [0.1, 0.15) is 16.5 Å². The maximum Gasteiger partial charge on any atom is 0.147 e. The molecule has 0 aliphatic rings. The monoisotopic (exact) mass is 349 g/mol. The van der Waals surface area contributed by atoms with Crippen molar-refractivity contribution in [3.8, 4) is 0 Å². The molecule has 0 saturated carbocycles. The van der Waals surface area contributed by atoms with E-state index >= 15 is 0 Å². The molecule has 132 valence electrons. The molecule has 1 aromatic carbocycles. The van der Waals surface area contributed by atoms with E-state index in [1.165, 1.54) is 47.4 Å². The van der Waals surface area contributed by atoms with Crippen LogP contribution in [-0.4, -0.2) is 16.5 Å². The highest BCUT2D eigenvalue weighted by atomic mass is 28.4. The van der Waals surface area contributed by atoms with Crippen LogP contribution in [0.25, 0.3) is 0 Å². The van der Waals surface area contributed by atoms with Gasteiger partial charge in [-0.05, 0) is 73.4 Å². The minimum absolute atomic E-state index is 1.38. The van der Waals surface area contributed by atoms with Crippen LogP contribution < -0.4 is 4.23 Å². The van der Waals surface area contributed by atoms with E-state index in [-0.39, 0.29) is 0 Å². The van der Waals surface area contributed by atoms with Gasteiger partial charge in [-0.25, -0.2) is 0 Å². The van der Waals surface area contributed by atoms with E-state index in [1.807, 2.05) is 0 Å². The van der Waals surface area contributed by atoms with Crippen LogP contribution in [0.3, 0.4) is 0 Å². The van der Waals surface area contributed by atoms with Crippen LogP contribution in [0.5, 0.6) is 0 Å². The van der Waals surface area contributed by atoms with Crippen molar-refractivity contribution in [2.45, 2.75) is 91.7 Å². The lowest BCUT2D eigenvalue weighted by molar-refractivity contribution is 1.06. The third kappa shape index (κ3) is 3.93. The first-order chi connectivity index (χ1) is 10.9. The largest absolute Gasteiger partial charge is 0.423 e. The van der Waals surface area contributed by atoms with E-state index in [9.17, 15) is 0 Å². The summed E-state index contributed by atoms with van der Waals surface area (Å²) in [4.78, 5) is 0. The van der Waals surface area contributed by atoms with Gasteiger partial charge in [-0.2, -0.15) is 0 Å². The Kier molecular flexibility index (Phi) is 7.59. The quantitative estimate of drug-likeness (QED) is 0.429. The number of rotatable bonds is 9. The second-order valence-electron chi connectivity index (χ2n) is 7.25. The molecule has 23 heavy (non-hydrogen) atoms. The van der Waals surface area contributed by atoms with Crippen LogP contribution >= 0.6 is 0 Å². The Morgan fingerprint density at radius 3 is 1.17 bits per heavy atom. The van der Waals surface area contributed by atoms with Gasteiger partial charge >= 0.3 is 0 Å². The van der Waals surface area contributed by atoms with Crippen LogP contribution in [0.4, 0.5) is 5.69 Å². The van der Waals surface area contributed by atoms with Crippen LogP contribution in [0.1, 0.15) is 52.7 Å². The summed E-state index contributed by atoms with van der Waals surface area (Å²) in [6.45, 7) is 19.2. The van der Waals surface area contributed by atoms with E-state index in [2.05, 4.69) is 77.8 Å². The van der Waals surface area contributed by atoms with Gasteiger partial charge in [0.15, 0.2) is 0 Å². The number of nitrogens with zero attached hydrogens (tertiary/aromatic N) is 1. The smallest absolute Gasteiger partial charge is 0.147 e. The lowest BCUT2D eigenvalue weighted by Crippen LogP contribution is -2.66. The van der Waals surface area contributed by atoms with Crippen molar-refractivity contribution in [3.05, 3.63) is 29.3 Å². The van der Waals surface area contributed by atoms with Crippen molar-refractivity contribution in [3.63, 3.8) is 0 Å². The molecule has 1 aromatic rings. The molecule has 3 heteroatoms. The predicted molar refractivity (Wildman–Crippen MR) is 113 cm³/mol. The zero-order valence-corrected chi connectivity index (χ0v) is 18.9. The number of benzene rings is 1. The second kappa shape index (κ2) is 8.52. The maximum atomic E-state index is 3.11. The number of hydrogen-bond acceptors (Lipinski definition) is 1. The van der Waals surface area contributed by atoms with Crippen molar-refractivity contribution in [2.24, 2.45) is 0 Å². The Bertz CT molecular complexity index is 434. The summed E-state index contributed by atoms with van der Waals surface area (Å²) in [5.41, 5.74) is 4.39. The standard InChI is InChI=1S/C20H39NSi2/c1-9-22(10-2,11-3)21(23(12-4,13-5)14-6)20-16-18(7)15-19(8)17-20/h15-17H,9-14H2,1-8H3. The highest BCUT2D eigenvalue weighted by Crippen LogP contribution is 2.40. The normalized spacial score (nSPS) is 12.5. The molecular formula is C20H39NSi2. The van der Waals surface area contributed by atoms with E-state index < -0.39 is 16.5 Å². The van der Waals surface area contributed by atoms with Crippen molar-refractivity contribution in [1.82, 2.24) is 0 Å². The summed E-state index contributed by atoms with van der Waals surface area (Å²) < 4.78 is 3.11. The molecule has 0 saturated heterocycles. The molecule has 0 N–H and O–H groups in total. The molecule has 0 aromatic heterocycles. The number of aryl methyl sites for hydroxylation is 2. The molecule has 0 bridgehead atoms. The second-order valence-corrected chi connectivity index (χ2v) is 17.7. The first-order valence-corrected chi connectivity index (χ1v) is 14.9. The van der Waals surface area contributed by atoms with Crippen LogP contribution in [0.15, 0.2) is 18.2 Å². The molecular weight excluding hydrogens is 310 g/mol. The summed E-state index contributed by atoms with van der Waals surface area (Å²) in [7, 11) is -2.87. The topological polar surface area (TPSA) is 3.24 Å². The average molecular weight is 350 g/mol. The van der Waals surface area contributed by atoms with Gasteiger partial charge in [-0.15, -0.1) is 0 Å². The lowest BCUT2D eigenvalue weighted by Gasteiger charge is -2.54. The third-order valence-electron chi connectivity index (χ3n) is 6.36. The average Bonchev–Trinajstić information content (AvgIpc) is 2.55. The fourth-order valence-electron chi connectivity index (χ4n) is 4.58. The molecule has 0 atom stereocenters. The number of hydrogen-bond donors (Lipinski definition) is 0. The molecule has 0 radical (unpaired) electrons. The molecule has 1 nitrogen and oxygen atoms in total. The Morgan fingerprint density at radius 1 is 0.609 bits per heavy atom. The number of anilines is 1. The van der Waals surface area contributed by atoms with E-state index in [0.29, 0.717) is 0 Å². The molecule has 0 unspecified atom stereocenters. The van der Waals surface area contributed by atoms with Crippen LogP contribution in [0, 0.1) is 13.8 Å². The zero-order valence-electron chi connectivity index (χ0n) is 16.9. The summed E-state index contributed by atoms with van der Waals surface area (Å²) >= 11 is 0. The summed E-state index contributed by atoms with van der Waals surface area (Å²) in [5, 5.41) is 0. The van der Waals surface area contributed by atoms with Gasteiger partial charge in [0.05, 0.1) is 0 Å².